The average Bonchev–Trinajstić information content (AvgIpc) is 2.66. The molecule has 1 aliphatic carbocycles. The molecule has 1 aromatic heterocycles. The van der Waals surface area contributed by atoms with Crippen LogP contribution in [0, 0.1) is 0 Å². The van der Waals surface area contributed by atoms with Crippen molar-refractivity contribution in [2.24, 2.45) is 0 Å². The van der Waals surface area contributed by atoms with E-state index in [4.69, 9.17) is 4.98 Å². The highest BCUT2D eigenvalue weighted by atomic mass is 32.1. The third kappa shape index (κ3) is 4.19. The fourth-order valence-electron chi connectivity index (χ4n) is 2.47. The molecule has 1 heterocycles. The number of aromatic nitrogens is 1. The monoisotopic (exact) mass is 309 g/mol. The minimum atomic E-state index is 0.101. The second kappa shape index (κ2) is 5.88. The van der Waals surface area contributed by atoms with E-state index in [2.05, 4.69) is 58.8 Å². The van der Waals surface area contributed by atoms with Gasteiger partial charge in [0.1, 0.15) is 0 Å². The Hall–Kier alpha value is -0.610. The first-order valence-electron chi connectivity index (χ1n) is 8.06. The van der Waals surface area contributed by atoms with Crippen molar-refractivity contribution in [1.82, 2.24) is 10.3 Å². The van der Waals surface area contributed by atoms with Crippen molar-refractivity contribution in [2.75, 3.05) is 11.9 Å². The lowest BCUT2D eigenvalue weighted by atomic mass is 9.91. The van der Waals surface area contributed by atoms with Crippen LogP contribution < -0.4 is 10.2 Å². The number of nitrogens with zero attached hydrogens (tertiary/aromatic N) is 2. The molecule has 0 radical (unpaired) electrons. The Morgan fingerprint density at radius 3 is 2.24 bits per heavy atom. The van der Waals surface area contributed by atoms with Crippen molar-refractivity contribution in [3.8, 4) is 0 Å². The van der Waals surface area contributed by atoms with Gasteiger partial charge in [0, 0.05) is 35.5 Å². The van der Waals surface area contributed by atoms with Gasteiger partial charge in [-0.2, -0.15) is 0 Å². The molecular weight excluding hydrogens is 278 g/mol. The van der Waals surface area contributed by atoms with Crippen LogP contribution in [0.3, 0.4) is 0 Å². The maximum absolute atomic E-state index is 4.99. The smallest absolute Gasteiger partial charge is 0.185 e. The number of hydrogen-bond donors (Lipinski definition) is 1. The Labute approximate surface area is 134 Å². The summed E-state index contributed by atoms with van der Waals surface area (Å²) < 4.78 is 0. The molecule has 0 aliphatic heterocycles. The topological polar surface area (TPSA) is 28.2 Å². The van der Waals surface area contributed by atoms with Crippen LogP contribution in [-0.4, -0.2) is 23.6 Å². The van der Waals surface area contributed by atoms with E-state index in [0.29, 0.717) is 6.04 Å². The van der Waals surface area contributed by atoms with Crippen molar-refractivity contribution in [1.29, 1.82) is 0 Å². The van der Waals surface area contributed by atoms with Crippen LogP contribution in [0.25, 0.3) is 0 Å². The van der Waals surface area contributed by atoms with E-state index in [-0.39, 0.29) is 11.0 Å². The molecule has 0 unspecified atom stereocenters. The molecule has 21 heavy (non-hydrogen) atoms. The summed E-state index contributed by atoms with van der Waals surface area (Å²) >= 11 is 1.87. The second-order valence-corrected chi connectivity index (χ2v) is 9.38. The number of thiazole rings is 1. The summed E-state index contributed by atoms with van der Waals surface area (Å²) in [5.41, 5.74) is 1.49. The van der Waals surface area contributed by atoms with Crippen LogP contribution in [0.4, 0.5) is 5.13 Å². The normalized spacial score (nSPS) is 16.9. The Balaban J connectivity index is 2.22. The summed E-state index contributed by atoms with van der Waals surface area (Å²) in [5.74, 6) is 0. The molecule has 0 amide bonds. The van der Waals surface area contributed by atoms with Crippen molar-refractivity contribution >= 4 is 16.5 Å². The van der Waals surface area contributed by atoms with Gasteiger partial charge < -0.3 is 10.2 Å². The first-order chi connectivity index (χ1) is 9.58. The fourth-order valence-corrected chi connectivity index (χ4v) is 3.71. The van der Waals surface area contributed by atoms with E-state index in [9.17, 15) is 0 Å². The summed E-state index contributed by atoms with van der Waals surface area (Å²) in [7, 11) is 2.20. The molecule has 0 atom stereocenters. The van der Waals surface area contributed by atoms with E-state index in [1.807, 2.05) is 11.3 Å². The summed E-state index contributed by atoms with van der Waals surface area (Å²) in [4.78, 5) is 8.77. The summed E-state index contributed by atoms with van der Waals surface area (Å²) in [6.07, 6.45) is 4.00. The van der Waals surface area contributed by atoms with Gasteiger partial charge in [-0.05, 0) is 40.0 Å². The van der Waals surface area contributed by atoms with Gasteiger partial charge >= 0.3 is 0 Å². The van der Waals surface area contributed by atoms with Gasteiger partial charge in [0.2, 0.25) is 0 Å². The van der Waals surface area contributed by atoms with E-state index < -0.39 is 0 Å². The van der Waals surface area contributed by atoms with Gasteiger partial charge in [-0.3, -0.25) is 0 Å². The number of nitrogens with one attached hydrogen (secondary N) is 1. The summed E-state index contributed by atoms with van der Waals surface area (Å²) in [6, 6.07) is 0.701. The molecule has 3 nitrogen and oxygen atoms in total. The highest BCUT2D eigenvalue weighted by Crippen LogP contribution is 2.36. The lowest BCUT2D eigenvalue weighted by molar-refractivity contribution is 0.400. The van der Waals surface area contributed by atoms with E-state index in [1.54, 1.807) is 0 Å². The Morgan fingerprint density at radius 1 is 1.19 bits per heavy atom. The molecule has 0 bridgehead atoms. The third-order valence-corrected chi connectivity index (χ3v) is 5.25. The molecule has 1 aromatic rings. The zero-order valence-corrected chi connectivity index (χ0v) is 15.5. The van der Waals surface area contributed by atoms with Crippen molar-refractivity contribution in [2.45, 2.75) is 84.3 Å². The SMILES string of the molecule is CN(c1nc(C(C)(C)C)c(CNC(C)(C)C)s1)C1CCC1. The van der Waals surface area contributed by atoms with Crippen LogP contribution in [0.1, 0.15) is 71.4 Å². The first kappa shape index (κ1) is 16.8. The molecule has 120 valence electrons. The van der Waals surface area contributed by atoms with Crippen LogP contribution in [0.5, 0.6) is 0 Å². The standard InChI is InChI=1S/C17H31N3S/c1-16(2,3)14-13(11-18-17(4,5)6)21-15(19-14)20(7)12-9-8-10-12/h12,18H,8-11H2,1-7H3. The third-order valence-electron chi connectivity index (χ3n) is 4.10. The number of hydrogen-bond acceptors (Lipinski definition) is 4. The minimum Gasteiger partial charge on any atom is -0.348 e. The van der Waals surface area contributed by atoms with E-state index in [1.165, 1.54) is 35.0 Å². The fraction of sp³-hybridized carbons (Fsp3) is 0.824. The first-order valence-corrected chi connectivity index (χ1v) is 8.87. The van der Waals surface area contributed by atoms with Gasteiger partial charge in [-0.15, -0.1) is 11.3 Å². The summed E-state index contributed by atoms with van der Waals surface area (Å²) in [5, 5.41) is 4.80. The van der Waals surface area contributed by atoms with Gasteiger partial charge in [-0.25, -0.2) is 4.98 Å². The minimum absolute atomic E-state index is 0.101. The predicted octanol–water partition coefficient (Wildman–Crippen LogP) is 4.32. The molecule has 2 rings (SSSR count). The van der Waals surface area contributed by atoms with Gasteiger partial charge in [0.05, 0.1) is 5.69 Å². The van der Waals surface area contributed by atoms with Crippen molar-refractivity contribution in [3.63, 3.8) is 0 Å². The maximum Gasteiger partial charge on any atom is 0.185 e. The van der Waals surface area contributed by atoms with Crippen molar-refractivity contribution in [3.05, 3.63) is 10.6 Å². The molecule has 1 aliphatic rings. The molecular formula is C17H31N3S. The van der Waals surface area contributed by atoms with E-state index >= 15 is 0 Å². The molecule has 1 N–H and O–H groups in total. The lowest BCUT2D eigenvalue weighted by Crippen LogP contribution is -2.37. The predicted molar refractivity (Wildman–Crippen MR) is 93.4 cm³/mol. The Bertz CT molecular complexity index is 475. The van der Waals surface area contributed by atoms with Crippen molar-refractivity contribution < 1.29 is 0 Å². The largest absolute Gasteiger partial charge is 0.348 e. The lowest BCUT2D eigenvalue weighted by Gasteiger charge is -2.34. The van der Waals surface area contributed by atoms with Crippen LogP contribution in [0.15, 0.2) is 0 Å². The van der Waals surface area contributed by atoms with Crippen LogP contribution in [0.2, 0.25) is 0 Å². The molecule has 4 heteroatoms. The Kier molecular flexibility index (Phi) is 4.69. The maximum atomic E-state index is 4.99. The highest BCUT2D eigenvalue weighted by molar-refractivity contribution is 7.15. The quantitative estimate of drug-likeness (QED) is 0.898. The highest BCUT2D eigenvalue weighted by Gasteiger charge is 2.28. The zero-order chi connectivity index (χ0) is 15.8. The molecule has 1 fully saturated rings. The molecule has 0 saturated heterocycles. The summed E-state index contributed by atoms with van der Waals surface area (Å²) in [6.45, 7) is 14.3. The van der Waals surface area contributed by atoms with Gasteiger partial charge in [0.25, 0.3) is 0 Å². The number of anilines is 1. The number of rotatable bonds is 4. The molecule has 0 spiro atoms. The van der Waals surface area contributed by atoms with E-state index in [0.717, 1.165) is 6.54 Å². The van der Waals surface area contributed by atoms with Crippen LogP contribution >= 0.6 is 11.3 Å². The zero-order valence-electron chi connectivity index (χ0n) is 14.7. The van der Waals surface area contributed by atoms with Gasteiger partial charge in [0.15, 0.2) is 5.13 Å². The average molecular weight is 310 g/mol. The molecule has 1 saturated carbocycles. The van der Waals surface area contributed by atoms with Gasteiger partial charge in [-0.1, -0.05) is 20.8 Å². The second-order valence-electron chi connectivity index (χ2n) is 8.32. The molecule has 0 aromatic carbocycles. The Morgan fingerprint density at radius 2 is 1.81 bits per heavy atom. The van der Waals surface area contributed by atoms with Crippen LogP contribution in [-0.2, 0) is 12.0 Å².